The molecule has 162 valence electrons. The lowest BCUT2D eigenvalue weighted by Gasteiger charge is -2.37. The summed E-state index contributed by atoms with van der Waals surface area (Å²) in [5, 5.41) is 9.96. The Morgan fingerprint density at radius 3 is 2.44 bits per heavy atom. The number of likely N-dealkylation sites (tertiary alicyclic amines) is 1. The van der Waals surface area contributed by atoms with Crippen LogP contribution in [0.1, 0.15) is 41.9 Å². The van der Waals surface area contributed by atoms with Gasteiger partial charge in [0.15, 0.2) is 5.78 Å². The fraction of sp³-hybridized carbons (Fsp3) is 0.400. The maximum Gasteiger partial charge on any atom is 0.232 e. The van der Waals surface area contributed by atoms with E-state index in [1.807, 2.05) is 18.2 Å². The van der Waals surface area contributed by atoms with E-state index >= 15 is 0 Å². The third kappa shape index (κ3) is 3.82. The molecule has 3 aromatic rings. The van der Waals surface area contributed by atoms with Gasteiger partial charge in [0.05, 0.1) is 16.8 Å². The Hall–Kier alpha value is -3.37. The van der Waals surface area contributed by atoms with E-state index in [2.05, 4.69) is 44.9 Å². The van der Waals surface area contributed by atoms with Crippen molar-refractivity contribution >= 4 is 22.4 Å². The quantitative estimate of drug-likeness (QED) is 0.575. The first-order chi connectivity index (χ1) is 15.5. The Kier molecular flexibility index (Phi) is 5.32. The van der Waals surface area contributed by atoms with Crippen molar-refractivity contribution in [1.82, 2.24) is 19.9 Å². The predicted molar refractivity (Wildman–Crippen MR) is 123 cm³/mol. The monoisotopic (exact) mass is 426 g/mol. The average Bonchev–Trinajstić information content (AvgIpc) is 3.68. The van der Waals surface area contributed by atoms with Gasteiger partial charge in [0, 0.05) is 48.5 Å². The van der Waals surface area contributed by atoms with E-state index in [1.54, 1.807) is 18.6 Å². The zero-order chi connectivity index (χ0) is 22.2. The summed E-state index contributed by atoms with van der Waals surface area (Å²) in [6.07, 6.45) is 9.18. The van der Waals surface area contributed by atoms with E-state index in [4.69, 9.17) is 5.26 Å². The normalized spacial score (nSPS) is 17.3. The summed E-state index contributed by atoms with van der Waals surface area (Å²) >= 11 is 0. The van der Waals surface area contributed by atoms with Gasteiger partial charge in [0.2, 0.25) is 5.82 Å². The van der Waals surface area contributed by atoms with Crippen molar-refractivity contribution < 1.29 is 4.79 Å². The van der Waals surface area contributed by atoms with Gasteiger partial charge in [0.1, 0.15) is 6.07 Å². The molecule has 1 saturated heterocycles. The minimum absolute atomic E-state index is 0.133. The van der Waals surface area contributed by atoms with Gasteiger partial charge in [-0.25, -0.2) is 9.97 Å². The fourth-order valence-electron chi connectivity index (χ4n) is 4.58. The highest BCUT2D eigenvalue weighted by atomic mass is 16.1. The lowest BCUT2D eigenvalue weighted by molar-refractivity contribution is 0.0968. The Balaban J connectivity index is 1.63. The van der Waals surface area contributed by atoms with Crippen molar-refractivity contribution in [3.05, 3.63) is 48.2 Å². The molecule has 0 spiro atoms. The molecule has 2 fully saturated rings. The van der Waals surface area contributed by atoms with Crippen molar-refractivity contribution in [2.45, 2.75) is 31.7 Å². The molecular weight excluding hydrogens is 400 g/mol. The highest BCUT2D eigenvalue weighted by molar-refractivity contribution is 6.10. The topological polar surface area (TPSA) is 86.0 Å². The summed E-state index contributed by atoms with van der Waals surface area (Å²) in [4.78, 5) is 30.7. The molecule has 32 heavy (non-hydrogen) atoms. The van der Waals surface area contributed by atoms with Crippen molar-refractivity contribution in [2.75, 3.05) is 32.1 Å². The number of carbonyl (C=O) groups excluding carboxylic acids is 1. The summed E-state index contributed by atoms with van der Waals surface area (Å²) in [7, 11) is 4.28. The maximum absolute atomic E-state index is 13.2. The lowest BCUT2D eigenvalue weighted by atomic mass is 9.97. The van der Waals surface area contributed by atoms with Crippen molar-refractivity contribution in [3.63, 3.8) is 0 Å². The van der Waals surface area contributed by atoms with E-state index in [-0.39, 0.29) is 17.5 Å². The molecule has 1 saturated carbocycles. The third-order valence-corrected chi connectivity index (χ3v) is 6.73. The van der Waals surface area contributed by atoms with E-state index in [9.17, 15) is 4.79 Å². The molecule has 1 aliphatic carbocycles. The largest absolute Gasteiger partial charge is 0.370 e. The van der Waals surface area contributed by atoms with Crippen molar-refractivity contribution in [3.8, 4) is 17.2 Å². The number of carbonyl (C=O) groups is 1. The van der Waals surface area contributed by atoms with Crippen LogP contribution in [0, 0.1) is 17.2 Å². The van der Waals surface area contributed by atoms with Gasteiger partial charge in [-0.05, 0) is 63.5 Å². The number of benzene rings is 1. The molecule has 0 N–H and O–H groups in total. The first-order valence-electron chi connectivity index (χ1n) is 11.2. The predicted octanol–water partition coefficient (Wildman–Crippen LogP) is 3.69. The van der Waals surface area contributed by atoms with Crippen LogP contribution in [0.2, 0.25) is 0 Å². The molecule has 1 aromatic carbocycles. The first kappa shape index (κ1) is 20.5. The number of anilines is 1. The Morgan fingerprint density at radius 1 is 1.06 bits per heavy atom. The molecule has 2 aromatic heterocycles. The summed E-state index contributed by atoms with van der Waals surface area (Å²) in [6.45, 7) is 2.11. The third-order valence-electron chi connectivity index (χ3n) is 6.73. The van der Waals surface area contributed by atoms with Gasteiger partial charge >= 0.3 is 0 Å². The van der Waals surface area contributed by atoms with Gasteiger partial charge in [-0.1, -0.05) is 6.07 Å². The number of piperidine rings is 1. The van der Waals surface area contributed by atoms with Crippen LogP contribution in [0.25, 0.3) is 22.0 Å². The van der Waals surface area contributed by atoms with E-state index in [0.29, 0.717) is 6.04 Å². The number of fused-ring (bicyclic) bond motifs is 1. The number of nitrogens with zero attached hydrogens (tertiary/aromatic N) is 6. The molecule has 0 amide bonds. The van der Waals surface area contributed by atoms with Gasteiger partial charge in [-0.2, -0.15) is 5.26 Å². The minimum Gasteiger partial charge on any atom is -0.370 e. The van der Waals surface area contributed by atoms with Crippen LogP contribution in [-0.4, -0.2) is 58.9 Å². The van der Waals surface area contributed by atoms with E-state index < -0.39 is 0 Å². The van der Waals surface area contributed by atoms with Crippen molar-refractivity contribution in [2.24, 2.45) is 5.92 Å². The zero-order valence-electron chi connectivity index (χ0n) is 18.5. The Morgan fingerprint density at radius 2 is 1.78 bits per heavy atom. The molecule has 0 bridgehead atoms. The number of ketones is 1. The molecular formula is C25H26N6O. The number of Topliss-reactive ketones (excluding diaryl/α,β-unsaturated/α-hetero) is 1. The second-order valence-corrected chi connectivity index (χ2v) is 8.94. The molecule has 0 radical (unpaired) electrons. The summed E-state index contributed by atoms with van der Waals surface area (Å²) in [6, 6.07) is 8.39. The number of hydrogen-bond donors (Lipinski definition) is 0. The van der Waals surface area contributed by atoms with Crippen LogP contribution >= 0.6 is 0 Å². The van der Waals surface area contributed by atoms with Crippen LogP contribution in [0.5, 0.6) is 0 Å². The fourth-order valence-corrected chi connectivity index (χ4v) is 4.58. The van der Waals surface area contributed by atoms with E-state index in [1.165, 1.54) is 0 Å². The molecule has 3 heterocycles. The first-order valence-corrected chi connectivity index (χ1v) is 11.2. The molecule has 0 atom stereocenters. The summed E-state index contributed by atoms with van der Waals surface area (Å²) in [5.74, 6) is 0.492. The second kappa shape index (κ2) is 8.29. The zero-order valence-corrected chi connectivity index (χ0v) is 18.5. The lowest BCUT2D eigenvalue weighted by Crippen LogP contribution is -2.42. The number of aromatic nitrogens is 3. The van der Waals surface area contributed by atoms with Gasteiger partial charge in [-0.3, -0.25) is 9.78 Å². The van der Waals surface area contributed by atoms with Gasteiger partial charge in [0.25, 0.3) is 0 Å². The molecule has 1 aliphatic heterocycles. The summed E-state index contributed by atoms with van der Waals surface area (Å²) in [5.41, 5.74) is 4.36. The van der Waals surface area contributed by atoms with Gasteiger partial charge in [-0.15, -0.1) is 0 Å². The SMILES string of the molecule is CN1CCC(N(C)c2c(C(=O)C3CC3)cnc3ccc(-c4cnc(C#N)nc4)cc23)CC1. The molecule has 7 heteroatoms. The number of hydrogen-bond acceptors (Lipinski definition) is 7. The summed E-state index contributed by atoms with van der Waals surface area (Å²) < 4.78 is 0. The van der Waals surface area contributed by atoms with Crippen LogP contribution in [0.15, 0.2) is 36.8 Å². The number of pyridine rings is 1. The standard InChI is InChI=1S/C25H26N6O/c1-30-9-7-19(8-10-30)31(2)24-20-11-17(18-13-28-23(12-26)29-14-18)5-6-22(20)27-15-21(24)25(32)16-3-4-16/h5-6,11,13-16,19H,3-4,7-10H2,1-2H3. The molecule has 5 rings (SSSR count). The van der Waals surface area contributed by atoms with E-state index in [0.717, 1.165) is 72.1 Å². The Bertz CT molecular complexity index is 1200. The minimum atomic E-state index is 0.133. The van der Waals surface area contributed by atoms with Crippen LogP contribution in [0.3, 0.4) is 0 Å². The molecule has 7 nitrogen and oxygen atoms in total. The smallest absolute Gasteiger partial charge is 0.232 e. The van der Waals surface area contributed by atoms with Gasteiger partial charge < -0.3 is 9.80 Å². The highest BCUT2D eigenvalue weighted by Gasteiger charge is 2.34. The maximum atomic E-state index is 13.2. The molecule has 0 unspecified atom stereocenters. The number of rotatable bonds is 5. The number of nitriles is 1. The van der Waals surface area contributed by atoms with Crippen LogP contribution in [-0.2, 0) is 0 Å². The van der Waals surface area contributed by atoms with Crippen LogP contribution in [0.4, 0.5) is 5.69 Å². The van der Waals surface area contributed by atoms with Crippen molar-refractivity contribution in [1.29, 1.82) is 5.26 Å². The average molecular weight is 427 g/mol. The second-order valence-electron chi connectivity index (χ2n) is 8.94. The highest BCUT2D eigenvalue weighted by Crippen LogP contribution is 2.39. The van der Waals surface area contributed by atoms with Crippen LogP contribution < -0.4 is 4.90 Å². The molecule has 2 aliphatic rings. The Labute approximate surface area is 187 Å².